The highest BCUT2D eigenvalue weighted by molar-refractivity contribution is 6.30. The van der Waals surface area contributed by atoms with Gasteiger partial charge in [-0.15, -0.1) is 0 Å². The summed E-state index contributed by atoms with van der Waals surface area (Å²) in [5.41, 5.74) is 2.56. The van der Waals surface area contributed by atoms with Crippen LogP contribution in [0.15, 0.2) is 76.1 Å². The van der Waals surface area contributed by atoms with E-state index in [0.29, 0.717) is 33.2 Å². The Morgan fingerprint density at radius 3 is 2.66 bits per heavy atom. The molecule has 0 unspecified atom stereocenters. The van der Waals surface area contributed by atoms with E-state index in [4.69, 9.17) is 25.5 Å². The maximum absolute atomic E-state index is 12.8. The van der Waals surface area contributed by atoms with E-state index in [1.165, 1.54) is 6.26 Å². The Morgan fingerprint density at radius 1 is 1.03 bits per heavy atom. The van der Waals surface area contributed by atoms with Gasteiger partial charge in [0.15, 0.2) is 6.61 Å². The van der Waals surface area contributed by atoms with Crippen LogP contribution in [0.2, 0.25) is 5.02 Å². The second-order valence-corrected chi connectivity index (χ2v) is 7.74. The summed E-state index contributed by atoms with van der Waals surface area (Å²) >= 11 is 5.93. The summed E-state index contributed by atoms with van der Waals surface area (Å²) < 4.78 is 16.8. The van der Waals surface area contributed by atoms with E-state index in [0.717, 1.165) is 11.1 Å². The number of rotatable bonds is 6. The fourth-order valence-corrected chi connectivity index (χ4v) is 3.39. The van der Waals surface area contributed by atoms with Crippen LogP contribution in [-0.4, -0.2) is 12.5 Å². The second kappa shape index (κ2) is 9.16. The molecule has 0 aliphatic carbocycles. The highest BCUT2D eigenvalue weighted by Gasteiger charge is 2.12. The van der Waals surface area contributed by atoms with Crippen molar-refractivity contribution in [3.8, 4) is 17.2 Å². The Bertz CT molecular complexity index is 1360. The Morgan fingerprint density at radius 2 is 1.88 bits per heavy atom. The number of amides is 1. The van der Waals surface area contributed by atoms with Gasteiger partial charge in [-0.3, -0.25) is 9.59 Å². The minimum Gasteiger partial charge on any atom is -0.484 e. The summed E-state index contributed by atoms with van der Waals surface area (Å²) in [7, 11) is 0. The third-order valence-corrected chi connectivity index (χ3v) is 5.00. The monoisotopic (exact) mass is 449 g/mol. The van der Waals surface area contributed by atoms with E-state index >= 15 is 0 Å². The summed E-state index contributed by atoms with van der Waals surface area (Å²) in [5.74, 6) is 0.725. The number of ether oxygens (including phenoxy) is 2. The molecular weight excluding hydrogens is 430 g/mol. The van der Waals surface area contributed by atoms with Crippen LogP contribution < -0.4 is 20.2 Å². The molecule has 4 aromatic rings. The molecule has 32 heavy (non-hydrogen) atoms. The van der Waals surface area contributed by atoms with Crippen LogP contribution >= 0.6 is 11.6 Å². The van der Waals surface area contributed by atoms with Crippen molar-refractivity contribution in [2.24, 2.45) is 0 Å². The predicted molar refractivity (Wildman–Crippen MR) is 124 cm³/mol. The van der Waals surface area contributed by atoms with Gasteiger partial charge >= 0.3 is 0 Å². The molecule has 1 amide bonds. The van der Waals surface area contributed by atoms with Crippen LogP contribution in [-0.2, 0) is 4.79 Å². The molecule has 0 aliphatic heterocycles. The molecule has 0 radical (unpaired) electrons. The van der Waals surface area contributed by atoms with E-state index in [1.54, 1.807) is 42.5 Å². The molecule has 0 saturated heterocycles. The fourth-order valence-electron chi connectivity index (χ4n) is 3.16. The maximum Gasteiger partial charge on any atom is 0.262 e. The minimum atomic E-state index is -0.320. The van der Waals surface area contributed by atoms with Crippen molar-refractivity contribution in [3.63, 3.8) is 0 Å². The average molecular weight is 450 g/mol. The molecule has 0 bridgehead atoms. The summed E-state index contributed by atoms with van der Waals surface area (Å²) in [6, 6.07) is 17.3. The lowest BCUT2D eigenvalue weighted by molar-refractivity contribution is -0.118. The zero-order valence-electron chi connectivity index (χ0n) is 17.5. The highest BCUT2D eigenvalue weighted by atomic mass is 35.5. The van der Waals surface area contributed by atoms with E-state index in [9.17, 15) is 9.59 Å². The predicted octanol–water partition coefficient (Wildman–Crippen LogP) is 5.87. The Hall–Kier alpha value is -3.77. The molecule has 1 heterocycles. The molecule has 0 fully saturated rings. The lowest BCUT2D eigenvalue weighted by Crippen LogP contribution is -2.20. The van der Waals surface area contributed by atoms with Crippen molar-refractivity contribution in [1.82, 2.24) is 0 Å². The number of fused-ring (bicyclic) bond motifs is 1. The first-order valence-corrected chi connectivity index (χ1v) is 10.3. The van der Waals surface area contributed by atoms with Crippen LogP contribution in [0.4, 0.5) is 5.69 Å². The molecule has 162 valence electrons. The summed E-state index contributed by atoms with van der Waals surface area (Å²) in [6.07, 6.45) is 1.27. The van der Waals surface area contributed by atoms with E-state index in [2.05, 4.69) is 5.32 Å². The molecule has 4 rings (SSSR count). The summed E-state index contributed by atoms with van der Waals surface area (Å²) in [4.78, 5) is 25.0. The van der Waals surface area contributed by atoms with Crippen molar-refractivity contribution in [3.05, 3.63) is 93.3 Å². The van der Waals surface area contributed by atoms with Crippen molar-refractivity contribution in [2.75, 3.05) is 11.9 Å². The van der Waals surface area contributed by atoms with Gasteiger partial charge in [0.25, 0.3) is 5.91 Å². The topological polar surface area (TPSA) is 77.8 Å². The smallest absolute Gasteiger partial charge is 0.262 e. The molecule has 1 aromatic heterocycles. The SMILES string of the molecule is Cc1cccc(Oc2coc3cc(OCC(=O)Nc4ccc(Cl)cc4C)ccc3c2=O)c1. The minimum absolute atomic E-state index is 0.0921. The van der Waals surface area contributed by atoms with Crippen LogP contribution in [0.3, 0.4) is 0 Å². The van der Waals surface area contributed by atoms with E-state index in [1.807, 2.05) is 32.0 Å². The zero-order valence-corrected chi connectivity index (χ0v) is 18.2. The van der Waals surface area contributed by atoms with Gasteiger partial charge in [-0.1, -0.05) is 23.7 Å². The second-order valence-electron chi connectivity index (χ2n) is 7.30. The third kappa shape index (κ3) is 4.92. The molecule has 0 aliphatic rings. The number of benzene rings is 3. The Kier molecular flexibility index (Phi) is 6.14. The van der Waals surface area contributed by atoms with Crippen molar-refractivity contribution >= 4 is 34.2 Å². The fraction of sp³-hybridized carbons (Fsp3) is 0.120. The largest absolute Gasteiger partial charge is 0.484 e. The number of anilines is 1. The van der Waals surface area contributed by atoms with Crippen LogP contribution in [0.1, 0.15) is 11.1 Å². The van der Waals surface area contributed by atoms with Crippen LogP contribution in [0, 0.1) is 13.8 Å². The van der Waals surface area contributed by atoms with Crippen molar-refractivity contribution < 1.29 is 18.7 Å². The van der Waals surface area contributed by atoms with Gasteiger partial charge in [-0.05, 0) is 67.4 Å². The highest BCUT2D eigenvalue weighted by Crippen LogP contribution is 2.25. The molecule has 6 nitrogen and oxygen atoms in total. The molecule has 7 heteroatoms. The molecule has 0 atom stereocenters. The van der Waals surface area contributed by atoms with Crippen LogP contribution in [0.5, 0.6) is 17.2 Å². The molecule has 1 N–H and O–H groups in total. The first-order chi connectivity index (χ1) is 15.4. The van der Waals surface area contributed by atoms with Gasteiger partial charge in [-0.25, -0.2) is 0 Å². The lowest BCUT2D eigenvalue weighted by Gasteiger charge is -2.10. The number of hydrogen-bond donors (Lipinski definition) is 1. The van der Waals surface area contributed by atoms with Crippen molar-refractivity contribution in [2.45, 2.75) is 13.8 Å². The number of carbonyl (C=O) groups is 1. The number of carbonyl (C=O) groups excluding carboxylic acids is 1. The normalized spacial score (nSPS) is 10.7. The zero-order chi connectivity index (χ0) is 22.7. The van der Waals surface area contributed by atoms with E-state index < -0.39 is 0 Å². The molecule has 0 spiro atoms. The maximum atomic E-state index is 12.8. The molecule has 3 aromatic carbocycles. The number of halogens is 1. The molecule has 0 saturated carbocycles. The number of aryl methyl sites for hydroxylation is 2. The van der Waals surface area contributed by atoms with Gasteiger partial charge in [-0.2, -0.15) is 0 Å². The Balaban J connectivity index is 1.45. The number of nitrogens with one attached hydrogen (secondary N) is 1. The van der Waals surface area contributed by atoms with Gasteiger partial charge in [0, 0.05) is 16.8 Å². The van der Waals surface area contributed by atoms with Crippen LogP contribution in [0.25, 0.3) is 11.0 Å². The van der Waals surface area contributed by atoms with Gasteiger partial charge in [0.2, 0.25) is 11.2 Å². The quantitative estimate of drug-likeness (QED) is 0.398. The first-order valence-electron chi connectivity index (χ1n) is 9.88. The molecular formula is C25H20ClNO5. The average Bonchev–Trinajstić information content (AvgIpc) is 2.76. The van der Waals surface area contributed by atoms with Gasteiger partial charge < -0.3 is 19.2 Å². The van der Waals surface area contributed by atoms with Gasteiger partial charge in [0.05, 0.1) is 5.39 Å². The van der Waals surface area contributed by atoms with E-state index in [-0.39, 0.29) is 23.7 Å². The summed E-state index contributed by atoms with van der Waals surface area (Å²) in [6.45, 7) is 3.59. The standard InChI is InChI=1S/C25H20ClNO5/c1-15-4-3-5-19(10-15)32-23-13-31-22-12-18(7-8-20(22)25(23)29)30-14-24(28)27-21-9-6-17(26)11-16(21)2/h3-13H,14H2,1-2H3,(H,27,28). The lowest BCUT2D eigenvalue weighted by atomic mass is 10.2. The van der Waals surface area contributed by atoms with Gasteiger partial charge in [0.1, 0.15) is 23.3 Å². The van der Waals surface area contributed by atoms with Crippen molar-refractivity contribution in [1.29, 1.82) is 0 Å². The first kappa shape index (κ1) is 21.5. The third-order valence-electron chi connectivity index (χ3n) is 4.76. The summed E-state index contributed by atoms with van der Waals surface area (Å²) in [5, 5.41) is 3.73. The number of hydrogen-bond acceptors (Lipinski definition) is 5. The Labute approximate surface area is 189 Å².